The Morgan fingerprint density at radius 1 is 0.583 bits per heavy atom. The van der Waals surface area contributed by atoms with E-state index in [0.29, 0.717) is 0 Å². The number of furan rings is 2. The SMILES string of the molecule is Cc1c[c-]c(-c2cc(C)c(C)cn2)cc1.[Ir].[c-]1ccccc1-c1cc(-c2cc3c4ccccc4oc3c3c2oc2ccccc23)ccn1. The molecule has 0 saturated heterocycles. The van der Waals surface area contributed by atoms with Crippen molar-refractivity contribution in [3.05, 3.63) is 156 Å². The van der Waals surface area contributed by atoms with Gasteiger partial charge in [0.25, 0.3) is 0 Å². The van der Waals surface area contributed by atoms with Crippen LogP contribution in [0.3, 0.4) is 0 Å². The van der Waals surface area contributed by atoms with Gasteiger partial charge in [-0.3, -0.25) is 0 Å². The van der Waals surface area contributed by atoms with Crippen molar-refractivity contribution in [2.24, 2.45) is 0 Å². The van der Waals surface area contributed by atoms with E-state index in [1.165, 1.54) is 16.7 Å². The maximum atomic E-state index is 6.40. The number of para-hydroxylation sites is 2. The Labute approximate surface area is 292 Å². The quantitative estimate of drug-likeness (QED) is 0.167. The normalized spacial score (nSPS) is 11.1. The zero-order valence-electron chi connectivity index (χ0n) is 26.7. The van der Waals surface area contributed by atoms with Crippen LogP contribution in [0.2, 0.25) is 0 Å². The number of rotatable bonds is 3. The van der Waals surface area contributed by atoms with Gasteiger partial charge >= 0.3 is 0 Å². The minimum Gasteiger partial charge on any atom is -0.455 e. The van der Waals surface area contributed by atoms with Crippen LogP contribution >= 0.6 is 0 Å². The molecule has 4 aromatic heterocycles. The van der Waals surface area contributed by atoms with E-state index in [0.717, 1.165) is 77.5 Å². The van der Waals surface area contributed by atoms with Gasteiger partial charge in [-0.1, -0.05) is 61.0 Å². The van der Waals surface area contributed by atoms with Crippen molar-refractivity contribution in [2.45, 2.75) is 20.8 Å². The van der Waals surface area contributed by atoms with Gasteiger partial charge in [-0.05, 0) is 60.6 Å². The number of aromatic nitrogens is 2. The summed E-state index contributed by atoms with van der Waals surface area (Å²) in [5.74, 6) is 0. The molecule has 48 heavy (non-hydrogen) atoms. The van der Waals surface area contributed by atoms with Gasteiger partial charge in [0.15, 0.2) is 0 Å². The monoisotopic (exact) mass is 799 g/mol. The average molecular weight is 799 g/mol. The summed E-state index contributed by atoms with van der Waals surface area (Å²) in [6.45, 7) is 6.24. The fourth-order valence-corrected chi connectivity index (χ4v) is 6.01. The Kier molecular flexibility index (Phi) is 8.49. The molecule has 0 unspecified atom stereocenters. The third kappa shape index (κ3) is 5.73. The maximum absolute atomic E-state index is 6.40. The first-order valence-electron chi connectivity index (χ1n) is 15.6. The van der Waals surface area contributed by atoms with Crippen LogP contribution < -0.4 is 0 Å². The van der Waals surface area contributed by atoms with E-state index in [-0.39, 0.29) is 20.1 Å². The van der Waals surface area contributed by atoms with Gasteiger partial charge in [-0.25, -0.2) is 0 Å². The van der Waals surface area contributed by atoms with Crippen LogP contribution in [0, 0.1) is 32.9 Å². The first kappa shape index (κ1) is 31.3. The summed E-state index contributed by atoms with van der Waals surface area (Å²) in [6.07, 6.45) is 3.76. The second-order valence-electron chi connectivity index (χ2n) is 11.8. The van der Waals surface area contributed by atoms with E-state index in [4.69, 9.17) is 8.83 Å². The molecule has 0 aliphatic carbocycles. The van der Waals surface area contributed by atoms with Crippen molar-refractivity contribution in [3.8, 4) is 33.6 Å². The van der Waals surface area contributed by atoms with Gasteiger partial charge in [0.1, 0.15) is 22.3 Å². The summed E-state index contributed by atoms with van der Waals surface area (Å²) in [5.41, 5.74) is 13.1. The van der Waals surface area contributed by atoms with Gasteiger partial charge in [0, 0.05) is 54.2 Å². The van der Waals surface area contributed by atoms with Crippen molar-refractivity contribution >= 4 is 43.9 Å². The molecule has 0 fully saturated rings. The molecule has 0 aliphatic rings. The van der Waals surface area contributed by atoms with E-state index >= 15 is 0 Å². The smallest absolute Gasteiger partial charge is 0.147 e. The number of hydrogen-bond donors (Lipinski definition) is 0. The van der Waals surface area contributed by atoms with Crippen LogP contribution in [0.5, 0.6) is 0 Å². The molecule has 4 heterocycles. The van der Waals surface area contributed by atoms with Gasteiger partial charge < -0.3 is 18.8 Å². The van der Waals surface area contributed by atoms with E-state index in [1.54, 1.807) is 0 Å². The van der Waals surface area contributed by atoms with E-state index in [9.17, 15) is 0 Å². The molecule has 5 aromatic carbocycles. The van der Waals surface area contributed by atoms with E-state index in [2.05, 4.69) is 85.3 Å². The maximum Gasteiger partial charge on any atom is 0.147 e. The zero-order chi connectivity index (χ0) is 31.9. The van der Waals surface area contributed by atoms with Gasteiger partial charge in [-0.2, -0.15) is 0 Å². The predicted molar refractivity (Wildman–Crippen MR) is 191 cm³/mol. The Morgan fingerprint density at radius 3 is 2.04 bits per heavy atom. The fraction of sp³-hybridized carbons (Fsp3) is 0.0698. The number of hydrogen-bond acceptors (Lipinski definition) is 4. The summed E-state index contributed by atoms with van der Waals surface area (Å²) in [6, 6.07) is 45.3. The second-order valence-corrected chi connectivity index (χ2v) is 11.8. The number of nitrogens with zero attached hydrogens (tertiary/aromatic N) is 2. The first-order valence-corrected chi connectivity index (χ1v) is 15.6. The molecule has 1 radical (unpaired) electrons. The summed E-state index contributed by atoms with van der Waals surface area (Å²) in [7, 11) is 0. The number of aryl methyl sites for hydroxylation is 3. The van der Waals surface area contributed by atoms with Gasteiger partial charge in [0.05, 0.1) is 5.39 Å². The van der Waals surface area contributed by atoms with Crippen molar-refractivity contribution in [1.29, 1.82) is 0 Å². The van der Waals surface area contributed by atoms with Crippen LogP contribution in [-0.4, -0.2) is 9.97 Å². The minimum atomic E-state index is 0. The number of benzene rings is 5. The summed E-state index contributed by atoms with van der Waals surface area (Å²) in [5, 5.41) is 4.24. The van der Waals surface area contributed by atoms with Crippen molar-refractivity contribution in [2.75, 3.05) is 0 Å². The van der Waals surface area contributed by atoms with E-state index < -0.39 is 0 Å². The first-order chi connectivity index (χ1) is 23.0. The van der Waals surface area contributed by atoms with Crippen molar-refractivity contribution < 1.29 is 28.9 Å². The summed E-state index contributed by atoms with van der Waals surface area (Å²) < 4.78 is 12.7. The summed E-state index contributed by atoms with van der Waals surface area (Å²) >= 11 is 0. The molecule has 0 bridgehead atoms. The molecule has 0 N–H and O–H groups in total. The molecule has 5 heteroatoms. The number of pyridine rings is 2. The van der Waals surface area contributed by atoms with Crippen molar-refractivity contribution in [3.63, 3.8) is 0 Å². The minimum absolute atomic E-state index is 0. The average Bonchev–Trinajstić information content (AvgIpc) is 3.69. The zero-order valence-corrected chi connectivity index (χ0v) is 29.1. The topological polar surface area (TPSA) is 52.1 Å². The molecule has 0 spiro atoms. The standard InChI is InChI=1S/C29H16NO2.C14H14N.Ir/c1-2-8-18(9-3-1)24-16-19(14-15-30-24)22-17-23-20-10-4-6-12-25(20)31-29(23)27-21-11-5-7-13-26(21)32-28(22)27;1-10-4-6-13(7-5-10)14-8-11(2)12(3)9-15-14;/h1-8,10-17H;4-6,8-9H,1-3H3;/q2*-1;. The van der Waals surface area contributed by atoms with Crippen LogP contribution in [0.15, 0.2) is 136 Å². The molecule has 9 rings (SSSR count). The number of fused-ring (bicyclic) bond motifs is 7. The third-order valence-corrected chi connectivity index (χ3v) is 8.66. The molecular weight excluding hydrogens is 769 g/mol. The van der Waals surface area contributed by atoms with Crippen LogP contribution in [-0.2, 0) is 20.1 Å². The van der Waals surface area contributed by atoms with Crippen LogP contribution in [0.1, 0.15) is 16.7 Å². The summed E-state index contributed by atoms with van der Waals surface area (Å²) in [4.78, 5) is 8.99. The Bertz CT molecular complexity index is 2550. The predicted octanol–water partition coefficient (Wildman–Crippen LogP) is 11.5. The van der Waals surface area contributed by atoms with Gasteiger partial charge in [0.2, 0.25) is 0 Å². The van der Waals surface area contributed by atoms with Crippen molar-refractivity contribution in [1.82, 2.24) is 9.97 Å². The Balaban J connectivity index is 0.000000193. The largest absolute Gasteiger partial charge is 0.455 e. The van der Waals surface area contributed by atoms with E-state index in [1.807, 2.05) is 85.2 Å². The second kappa shape index (κ2) is 13.0. The molecule has 4 nitrogen and oxygen atoms in total. The molecule has 0 atom stereocenters. The molecular formula is C43H30IrN2O2-2. The Morgan fingerprint density at radius 2 is 1.29 bits per heavy atom. The van der Waals surface area contributed by atoms with Crippen LogP contribution in [0.4, 0.5) is 0 Å². The third-order valence-electron chi connectivity index (χ3n) is 8.66. The Hall–Kier alpha value is -5.35. The van der Waals surface area contributed by atoms with Crippen LogP contribution in [0.25, 0.3) is 77.5 Å². The fourth-order valence-electron chi connectivity index (χ4n) is 6.01. The molecule has 235 valence electrons. The molecule has 9 aromatic rings. The molecule has 0 amide bonds. The molecule has 0 saturated carbocycles. The molecule has 0 aliphatic heterocycles. The van der Waals surface area contributed by atoms with Gasteiger partial charge in [-0.15, -0.1) is 71.3 Å².